The van der Waals surface area contributed by atoms with Gasteiger partial charge in [0.15, 0.2) is 6.17 Å². The first-order chi connectivity index (χ1) is 15.8. The van der Waals surface area contributed by atoms with Crippen LogP contribution in [0.1, 0.15) is 66.3 Å². The quantitative estimate of drug-likeness (QED) is 0.340. The van der Waals surface area contributed by atoms with E-state index in [0.717, 1.165) is 36.2 Å². The maximum absolute atomic E-state index is 13.1. The summed E-state index contributed by atoms with van der Waals surface area (Å²) in [5.74, 6) is 1.43. The van der Waals surface area contributed by atoms with Crippen molar-refractivity contribution in [3.05, 3.63) is 68.3 Å². The van der Waals surface area contributed by atoms with Gasteiger partial charge in [0.25, 0.3) is 11.6 Å². The minimum atomic E-state index is -0.524. The second-order valence-corrected chi connectivity index (χ2v) is 10.6. The van der Waals surface area contributed by atoms with Crippen LogP contribution in [0.3, 0.4) is 0 Å². The molecule has 1 aliphatic heterocycles. The first-order valence-electron chi connectivity index (χ1n) is 11.3. The highest BCUT2D eigenvalue weighted by Gasteiger charge is 2.38. The number of benzene rings is 1. The largest absolute Gasteiger partial charge is 0.457 e. The summed E-state index contributed by atoms with van der Waals surface area (Å²) in [4.78, 5) is 25.3. The van der Waals surface area contributed by atoms with Gasteiger partial charge < -0.3 is 15.1 Å². The Morgan fingerprint density at radius 2 is 2.00 bits per heavy atom. The maximum Gasteiger partial charge on any atom is 0.280 e. The van der Waals surface area contributed by atoms with Crippen LogP contribution in [0.25, 0.3) is 11.3 Å². The molecule has 0 fully saturated rings. The molecule has 2 atom stereocenters. The molecule has 0 saturated heterocycles. The predicted octanol–water partition coefficient (Wildman–Crippen LogP) is 6.31. The Morgan fingerprint density at radius 1 is 1.21 bits per heavy atom. The number of anilines is 1. The van der Waals surface area contributed by atoms with Crippen molar-refractivity contribution in [2.24, 2.45) is 11.3 Å². The second-order valence-electron chi connectivity index (χ2n) is 9.52. The molecule has 8 heteroatoms. The number of amides is 1. The first kappa shape index (κ1) is 21.7. The molecule has 0 saturated carbocycles. The van der Waals surface area contributed by atoms with Crippen LogP contribution in [0.2, 0.25) is 0 Å². The molecule has 3 heterocycles. The molecule has 0 bridgehead atoms. The fraction of sp³-hybridized carbons (Fsp3) is 0.400. The molecule has 0 unspecified atom stereocenters. The number of nitro benzene ring substituents is 1. The Labute approximate surface area is 196 Å². The Hall–Kier alpha value is -3.13. The smallest absolute Gasteiger partial charge is 0.280 e. The predicted molar refractivity (Wildman–Crippen MR) is 129 cm³/mol. The molecule has 2 aliphatic rings. The number of furan rings is 1. The van der Waals surface area contributed by atoms with Crippen LogP contribution in [-0.4, -0.2) is 10.8 Å². The van der Waals surface area contributed by atoms with E-state index in [1.807, 2.05) is 0 Å². The number of para-hydroxylation sites is 1. The highest BCUT2D eigenvalue weighted by Crippen LogP contribution is 2.47. The van der Waals surface area contributed by atoms with Crippen LogP contribution in [0, 0.1) is 21.4 Å². The monoisotopic (exact) mass is 465 g/mol. The average molecular weight is 466 g/mol. The van der Waals surface area contributed by atoms with Crippen molar-refractivity contribution in [1.29, 1.82) is 0 Å². The van der Waals surface area contributed by atoms with Crippen molar-refractivity contribution in [1.82, 2.24) is 5.32 Å². The van der Waals surface area contributed by atoms with E-state index in [2.05, 4.69) is 31.4 Å². The molecule has 1 aliphatic carbocycles. The zero-order valence-electron chi connectivity index (χ0n) is 18.9. The van der Waals surface area contributed by atoms with Crippen LogP contribution < -0.4 is 10.6 Å². The van der Waals surface area contributed by atoms with Crippen molar-refractivity contribution in [3.63, 3.8) is 0 Å². The number of nitrogens with zero attached hydrogens (tertiary/aromatic N) is 1. The Morgan fingerprint density at radius 3 is 2.76 bits per heavy atom. The topological polar surface area (TPSA) is 97.4 Å². The summed E-state index contributed by atoms with van der Waals surface area (Å²) in [7, 11) is 0. The number of carbonyl (C=O) groups excluding carboxylic acids is 1. The van der Waals surface area contributed by atoms with E-state index in [1.165, 1.54) is 16.5 Å². The number of rotatable bonds is 5. The van der Waals surface area contributed by atoms with E-state index in [4.69, 9.17) is 4.42 Å². The molecule has 1 aromatic carbocycles. The van der Waals surface area contributed by atoms with Gasteiger partial charge in [-0.1, -0.05) is 39.3 Å². The molecule has 172 valence electrons. The molecule has 0 radical (unpaired) electrons. The van der Waals surface area contributed by atoms with Crippen LogP contribution in [0.5, 0.6) is 0 Å². The van der Waals surface area contributed by atoms with Crippen LogP contribution in [0.4, 0.5) is 10.7 Å². The number of carbonyl (C=O) groups is 1. The highest BCUT2D eigenvalue weighted by molar-refractivity contribution is 7.16. The van der Waals surface area contributed by atoms with E-state index < -0.39 is 11.1 Å². The maximum atomic E-state index is 13.1. The summed E-state index contributed by atoms with van der Waals surface area (Å²) < 4.78 is 5.96. The lowest BCUT2D eigenvalue weighted by Crippen LogP contribution is -2.38. The van der Waals surface area contributed by atoms with E-state index >= 15 is 0 Å². The van der Waals surface area contributed by atoms with Crippen LogP contribution >= 0.6 is 11.3 Å². The van der Waals surface area contributed by atoms with Gasteiger partial charge in [0, 0.05) is 10.9 Å². The third-order valence-electron chi connectivity index (χ3n) is 7.34. The van der Waals surface area contributed by atoms with Crippen molar-refractivity contribution in [3.8, 4) is 11.3 Å². The molecule has 5 rings (SSSR count). The summed E-state index contributed by atoms with van der Waals surface area (Å²) in [6, 6.07) is 9.93. The van der Waals surface area contributed by atoms with E-state index in [1.54, 1.807) is 41.7 Å². The number of nitro groups is 1. The van der Waals surface area contributed by atoms with E-state index in [-0.39, 0.29) is 17.0 Å². The first-order valence-corrected chi connectivity index (χ1v) is 12.2. The van der Waals surface area contributed by atoms with Gasteiger partial charge >= 0.3 is 0 Å². The van der Waals surface area contributed by atoms with Gasteiger partial charge in [0.05, 0.1) is 16.1 Å². The second kappa shape index (κ2) is 8.02. The highest BCUT2D eigenvalue weighted by atomic mass is 32.1. The molecule has 2 aromatic heterocycles. The van der Waals surface area contributed by atoms with Gasteiger partial charge in [-0.2, -0.15) is 0 Å². The molecule has 2 N–H and O–H groups in total. The van der Waals surface area contributed by atoms with Crippen molar-refractivity contribution in [2.75, 3.05) is 5.32 Å². The van der Waals surface area contributed by atoms with Crippen molar-refractivity contribution < 1.29 is 14.1 Å². The van der Waals surface area contributed by atoms with Gasteiger partial charge in [-0.3, -0.25) is 14.9 Å². The van der Waals surface area contributed by atoms with Crippen LogP contribution in [-0.2, 0) is 12.8 Å². The third-order valence-corrected chi connectivity index (χ3v) is 8.52. The molecule has 33 heavy (non-hydrogen) atoms. The molecule has 7 nitrogen and oxygen atoms in total. The lowest BCUT2D eigenvalue weighted by atomic mass is 9.69. The Kier molecular flexibility index (Phi) is 5.28. The molecular formula is C25H27N3O4S. The zero-order chi connectivity index (χ0) is 23.3. The molecule has 3 aromatic rings. The lowest BCUT2D eigenvalue weighted by Gasteiger charge is -2.36. The number of fused-ring (bicyclic) bond motifs is 3. The lowest BCUT2D eigenvalue weighted by molar-refractivity contribution is -0.384. The Balaban J connectivity index is 1.42. The van der Waals surface area contributed by atoms with Gasteiger partial charge in [0.2, 0.25) is 0 Å². The summed E-state index contributed by atoms with van der Waals surface area (Å²) in [5.41, 5.74) is 2.63. The SMILES string of the molecule is CCC(C)(C)[C@@H]1CCc2c(sc3c2C(=O)N[C@H](c2ccc(-c4ccccc4[N+](=O)[O-])o2)N3)C1. The molecule has 1 amide bonds. The standard InChI is InChI=1S/C25H27N3O4S/c1-4-25(2,3)14-9-10-16-20(13-14)33-24-21(16)23(29)26-22(27-24)19-12-11-18(32-19)15-7-5-6-8-17(15)28(30)31/h5-8,11-12,14,22,27H,4,9-10,13H2,1-3H3,(H,26,29)/t14-,22+/m1/s1. The van der Waals surface area contributed by atoms with Gasteiger partial charge in [-0.15, -0.1) is 11.3 Å². The van der Waals surface area contributed by atoms with Crippen LogP contribution in [0.15, 0.2) is 40.8 Å². The number of thiophene rings is 1. The summed E-state index contributed by atoms with van der Waals surface area (Å²) in [5, 5.41) is 18.7. The number of nitrogens with one attached hydrogen (secondary N) is 2. The van der Waals surface area contributed by atoms with Gasteiger partial charge in [-0.25, -0.2) is 0 Å². The average Bonchev–Trinajstić information content (AvgIpc) is 3.43. The minimum absolute atomic E-state index is 0.0168. The van der Waals surface area contributed by atoms with Gasteiger partial charge in [-0.05, 0) is 54.4 Å². The fourth-order valence-corrected chi connectivity index (χ4v) is 6.24. The zero-order valence-corrected chi connectivity index (χ0v) is 19.8. The van der Waals surface area contributed by atoms with Crippen molar-refractivity contribution in [2.45, 2.75) is 52.6 Å². The van der Waals surface area contributed by atoms with Crippen molar-refractivity contribution >= 4 is 27.9 Å². The fourth-order valence-electron chi connectivity index (χ4n) is 4.89. The van der Waals surface area contributed by atoms with Gasteiger partial charge in [0.1, 0.15) is 16.5 Å². The Bertz CT molecular complexity index is 1240. The normalized spacial score (nSPS) is 19.9. The molecular weight excluding hydrogens is 438 g/mol. The number of hydrogen-bond acceptors (Lipinski definition) is 6. The number of hydrogen-bond donors (Lipinski definition) is 2. The van der Waals surface area contributed by atoms with E-state index in [0.29, 0.717) is 23.0 Å². The molecule has 0 spiro atoms. The summed E-state index contributed by atoms with van der Waals surface area (Å²) >= 11 is 1.68. The van der Waals surface area contributed by atoms with E-state index in [9.17, 15) is 14.9 Å². The minimum Gasteiger partial charge on any atom is -0.457 e. The third kappa shape index (κ3) is 3.72. The summed E-state index contributed by atoms with van der Waals surface area (Å²) in [6.45, 7) is 6.92. The summed E-state index contributed by atoms with van der Waals surface area (Å²) in [6.07, 6.45) is 3.66.